The lowest BCUT2D eigenvalue weighted by atomic mass is 10.00. The van der Waals surface area contributed by atoms with E-state index in [0.29, 0.717) is 28.7 Å². The van der Waals surface area contributed by atoms with Crippen molar-refractivity contribution >= 4 is 5.78 Å². The number of ketones is 1. The van der Waals surface area contributed by atoms with E-state index in [2.05, 4.69) is 10.2 Å². The lowest BCUT2D eigenvalue weighted by Crippen LogP contribution is -2.02. The van der Waals surface area contributed by atoms with Gasteiger partial charge in [0, 0.05) is 22.8 Å². The van der Waals surface area contributed by atoms with Gasteiger partial charge in [-0.15, -0.1) is 10.2 Å². The lowest BCUT2D eigenvalue weighted by Gasteiger charge is -2.07. The topological polar surface area (TPSA) is 85.5 Å². The molecule has 0 radical (unpaired) electrons. The van der Waals surface area contributed by atoms with Gasteiger partial charge >= 0.3 is 0 Å². The molecular weight excluding hydrogens is 428 g/mol. The van der Waals surface area contributed by atoms with E-state index in [1.165, 1.54) is 19.2 Å². The Morgan fingerprint density at radius 1 is 0.765 bits per heavy atom. The number of phenols is 1. The van der Waals surface area contributed by atoms with Crippen molar-refractivity contribution in [1.29, 1.82) is 0 Å². The average Bonchev–Trinajstić information content (AvgIpc) is 3.39. The smallest absolute Gasteiger partial charge is 0.248 e. The third-order valence-electron chi connectivity index (χ3n) is 5.49. The van der Waals surface area contributed by atoms with E-state index < -0.39 is 0 Å². The zero-order valence-corrected chi connectivity index (χ0v) is 18.3. The second kappa shape index (κ2) is 9.03. The Kier molecular flexibility index (Phi) is 5.62. The average molecular weight is 448 g/mol. The van der Waals surface area contributed by atoms with Crippen molar-refractivity contribution in [3.8, 4) is 45.5 Å². The first kappa shape index (κ1) is 21.2. The molecule has 6 heteroatoms. The zero-order valence-electron chi connectivity index (χ0n) is 18.3. The fourth-order valence-corrected chi connectivity index (χ4v) is 3.77. The second-order valence-corrected chi connectivity index (χ2v) is 7.62. The van der Waals surface area contributed by atoms with Crippen LogP contribution in [0.5, 0.6) is 11.5 Å². The summed E-state index contributed by atoms with van der Waals surface area (Å²) in [5.41, 5.74) is 4.03. The van der Waals surface area contributed by atoms with Crippen molar-refractivity contribution in [3.05, 3.63) is 108 Å². The van der Waals surface area contributed by atoms with Crippen molar-refractivity contribution in [3.63, 3.8) is 0 Å². The number of nitrogens with zero attached hydrogens (tertiary/aromatic N) is 2. The van der Waals surface area contributed by atoms with Crippen LogP contribution in [0.25, 0.3) is 34.0 Å². The van der Waals surface area contributed by atoms with Crippen LogP contribution in [0.4, 0.5) is 0 Å². The summed E-state index contributed by atoms with van der Waals surface area (Å²) in [6.07, 6.45) is 0. The third kappa shape index (κ3) is 4.04. The molecule has 34 heavy (non-hydrogen) atoms. The summed E-state index contributed by atoms with van der Waals surface area (Å²) in [5.74, 6) is 0.686. The number of carbonyl (C=O) groups is 1. The van der Waals surface area contributed by atoms with Crippen LogP contribution in [0.15, 0.2) is 101 Å². The molecule has 0 saturated carbocycles. The Balaban J connectivity index is 1.48. The molecule has 5 rings (SSSR count). The molecule has 0 aliphatic rings. The largest absolute Gasteiger partial charge is 0.507 e. The van der Waals surface area contributed by atoms with E-state index in [0.717, 1.165) is 16.7 Å². The number of aromatic hydroxyl groups is 1. The van der Waals surface area contributed by atoms with Crippen molar-refractivity contribution in [2.45, 2.75) is 0 Å². The number of hydrogen-bond acceptors (Lipinski definition) is 6. The summed E-state index contributed by atoms with van der Waals surface area (Å²) in [7, 11) is 1.50. The van der Waals surface area contributed by atoms with E-state index in [1.54, 1.807) is 30.3 Å². The highest BCUT2D eigenvalue weighted by Gasteiger charge is 2.18. The number of ether oxygens (including phenoxy) is 1. The highest BCUT2D eigenvalue weighted by Crippen LogP contribution is 2.33. The zero-order chi connectivity index (χ0) is 23.5. The maximum atomic E-state index is 13.0. The first-order valence-corrected chi connectivity index (χ1v) is 10.6. The van der Waals surface area contributed by atoms with Gasteiger partial charge in [0.05, 0.1) is 12.7 Å². The maximum absolute atomic E-state index is 13.0. The highest BCUT2D eigenvalue weighted by atomic mass is 16.5. The van der Waals surface area contributed by atoms with Gasteiger partial charge in [-0.2, -0.15) is 0 Å². The summed E-state index contributed by atoms with van der Waals surface area (Å²) in [6, 6.07) is 29.3. The van der Waals surface area contributed by atoms with Gasteiger partial charge in [0.1, 0.15) is 11.5 Å². The van der Waals surface area contributed by atoms with Gasteiger partial charge in [-0.25, -0.2) is 0 Å². The van der Waals surface area contributed by atoms with Crippen molar-refractivity contribution in [2.24, 2.45) is 0 Å². The first-order chi connectivity index (χ1) is 16.6. The van der Waals surface area contributed by atoms with Crippen LogP contribution in [0.2, 0.25) is 0 Å². The lowest BCUT2D eigenvalue weighted by molar-refractivity contribution is 0.103. The fourth-order valence-electron chi connectivity index (χ4n) is 3.77. The van der Waals surface area contributed by atoms with E-state index >= 15 is 0 Å². The van der Waals surface area contributed by atoms with Crippen LogP contribution in [-0.4, -0.2) is 28.2 Å². The minimum absolute atomic E-state index is 0.146. The third-order valence-corrected chi connectivity index (χ3v) is 5.49. The Hall–Kier alpha value is -4.71. The molecule has 0 unspecified atom stereocenters. The van der Waals surface area contributed by atoms with Crippen molar-refractivity contribution < 1.29 is 19.1 Å². The first-order valence-electron chi connectivity index (χ1n) is 10.6. The monoisotopic (exact) mass is 448 g/mol. The highest BCUT2D eigenvalue weighted by molar-refractivity contribution is 6.11. The van der Waals surface area contributed by atoms with Gasteiger partial charge in [0.25, 0.3) is 0 Å². The molecule has 0 bridgehead atoms. The Morgan fingerprint density at radius 3 is 2.24 bits per heavy atom. The van der Waals surface area contributed by atoms with Gasteiger partial charge < -0.3 is 14.3 Å². The van der Waals surface area contributed by atoms with E-state index in [9.17, 15) is 9.90 Å². The molecule has 0 spiro atoms. The molecule has 1 N–H and O–H groups in total. The molecular formula is C28H20N2O4. The number of carbonyl (C=O) groups excluding carboxylic acids is 1. The Bertz CT molecular complexity index is 1480. The molecule has 0 fully saturated rings. The molecule has 0 aliphatic carbocycles. The van der Waals surface area contributed by atoms with Crippen molar-refractivity contribution in [2.75, 3.05) is 7.11 Å². The van der Waals surface area contributed by atoms with Crippen LogP contribution < -0.4 is 4.74 Å². The normalized spacial score (nSPS) is 10.7. The summed E-state index contributed by atoms with van der Waals surface area (Å²) in [4.78, 5) is 13.0. The molecule has 0 saturated heterocycles. The van der Waals surface area contributed by atoms with Gasteiger partial charge in [-0.3, -0.25) is 4.79 Å². The predicted octanol–water partition coefficient (Wildman–Crippen LogP) is 6.02. The number of hydrogen-bond donors (Lipinski definition) is 1. The van der Waals surface area contributed by atoms with Crippen LogP contribution in [0.3, 0.4) is 0 Å². The Labute approximate surface area is 196 Å². The Morgan fingerprint density at radius 2 is 1.47 bits per heavy atom. The van der Waals surface area contributed by atoms with E-state index in [-0.39, 0.29) is 17.1 Å². The van der Waals surface area contributed by atoms with Gasteiger partial charge in [0.2, 0.25) is 11.8 Å². The summed E-state index contributed by atoms with van der Waals surface area (Å²) in [5, 5.41) is 18.7. The van der Waals surface area contributed by atoms with Gasteiger partial charge in [-0.05, 0) is 41.5 Å². The number of rotatable bonds is 6. The number of benzene rings is 4. The molecule has 0 amide bonds. The standard InChI is InChI=1S/C28H20N2O4/c1-33-21-14-15-24(25(31)17-21)26(32)19-10-7-11-20(16-19)27-29-30-28(34-27)23-13-6-5-12-22(23)18-8-3-2-4-9-18/h2-17,31H,1H3. The van der Waals surface area contributed by atoms with Gasteiger partial charge in [0.15, 0.2) is 5.78 Å². The molecule has 6 nitrogen and oxygen atoms in total. The van der Waals surface area contributed by atoms with Crippen molar-refractivity contribution in [1.82, 2.24) is 10.2 Å². The number of phenolic OH excluding ortho intramolecular Hbond substituents is 1. The van der Waals surface area contributed by atoms with E-state index in [1.807, 2.05) is 54.6 Å². The fraction of sp³-hybridized carbons (Fsp3) is 0.0357. The SMILES string of the molecule is COc1ccc(C(=O)c2cccc(-c3nnc(-c4ccccc4-c4ccccc4)o3)c2)c(O)c1. The molecule has 4 aromatic carbocycles. The van der Waals surface area contributed by atoms with E-state index in [4.69, 9.17) is 9.15 Å². The summed E-state index contributed by atoms with van der Waals surface area (Å²) in [6.45, 7) is 0. The predicted molar refractivity (Wildman–Crippen MR) is 129 cm³/mol. The maximum Gasteiger partial charge on any atom is 0.248 e. The molecule has 166 valence electrons. The van der Waals surface area contributed by atoms with Crippen LogP contribution in [-0.2, 0) is 0 Å². The van der Waals surface area contributed by atoms with Crippen LogP contribution in [0.1, 0.15) is 15.9 Å². The molecule has 5 aromatic rings. The van der Waals surface area contributed by atoms with Crippen LogP contribution in [0, 0.1) is 0 Å². The minimum atomic E-state index is -0.323. The molecule has 1 aromatic heterocycles. The number of aromatic nitrogens is 2. The summed E-state index contributed by atoms with van der Waals surface area (Å²) < 4.78 is 11.1. The number of methoxy groups -OCH3 is 1. The molecule has 0 aliphatic heterocycles. The minimum Gasteiger partial charge on any atom is -0.507 e. The van der Waals surface area contributed by atoms with Crippen LogP contribution >= 0.6 is 0 Å². The second-order valence-electron chi connectivity index (χ2n) is 7.62. The molecule has 0 atom stereocenters. The van der Waals surface area contributed by atoms with Gasteiger partial charge in [-0.1, -0.05) is 60.7 Å². The quantitative estimate of drug-likeness (QED) is 0.320. The summed E-state index contributed by atoms with van der Waals surface area (Å²) >= 11 is 0. The molecule has 1 heterocycles.